The minimum Gasteiger partial charge on any atom is -0.311 e. The average Bonchev–Trinajstić information content (AvgIpc) is 2.36. The van der Waals surface area contributed by atoms with Gasteiger partial charge >= 0.3 is 0 Å². The molecular formula is C18H32N2. The van der Waals surface area contributed by atoms with Crippen LogP contribution in [0.2, 0.25) is 0 Å². The van der Waals surface area contributed by atoms with Crippen molar-refractivity contribution in [1.29, 1.82) is 0 Å². The van der Waals surface area contributed by atoms with E-state index in [2.05, 4.69) is 70.2 Å². The third-order valence-corrected chi connectivity index (χ3v) is 4.22. The molecule has 0 bridgehead atoms. The Morgan fingerprint density at radius 1 is 1.00 bits per heavy atom. The standard InChI is InChI=1S/C18H32N2/c1-7-17(8-2)18(20(5)6)13-19-12-16-10-14(3)9-15(4)11-16/h9-11,17-19H,7-8,12-13H2,1-6H3. The lowest BCUT2D eigenvalue weighted by Gasteiger charge is -2.31. The van der Waals surface area contributed by atoms with Gasteiger partial charge in [0.25, 0.3) is 0 Å². The molecule has 0 radical (unpaired) electrons. The van der Waals surface area contributed by atoms with Crippen molar-refractivity contribution in [2.24, 2.45) is 5.92 Å². The van der Waals surface area contributed by atoms with E-state index in [-0.39, 0.29) is 0 Å². The zero-order valence-corrected chi connectivity index (χ0v) is 14.2. The summed E-state index contributed by atoms with van der Waals surface area (Å²) in [7, 11) is 4.39. The summed E-state index contributed by atoms with van der Waals surface area (Å²) in [5, 5.41) is 3.64. The van der Waals surface area contributed by atoms with Gasteiger partial charge in [-0.05, 0) is 39.4 Å². The molecule has 1 atom stereocenters. The molecule has 0 fully saturated rings. The zero-order chi connectivity index (χ0) is 15.1. The predicted molar refractivity (Wildman–Crippen MR) is 89.2 cm³/mol. The van der Waals surface area contributed by atoms with Crippen molar-refractivity contribution in [3.05, 3.63) is 34.9 Å². The molecule has 0 aromatic heterocycles. The van der Waals surface area contributed by atoms with Crippen molar-refractivity contribution in [2.75, 3.05) is 20.6 Å². The van der Waals surface area contributed by atoms with Gasteiger partial charge in [-0.25, -0.2) is 0 Å². The maximum Gasteiger partial charge on any atom is 0.0242 e. The van der Waals surface area contributed by atoms with Gasteiger partial charge in [0.05, 0.1) is 0 Å². The summed E-state index contributed by atoms with van der Waals surface area (Å²) in [6.07, 6.45) is 2.51. The molecule has 0 aliphatic carbocycles. The highest BCUT2D eigenvalue weighted by molar-refractivity contribution is 5.28. The molecular weight excluding hydrogens is 244 g/mol. The van der Waals surface area contributed by atoms with Gasteiger partial charge in [0.1, 0.15) is 0 Å². The Labute approximate surface area is 125 Å². The van der Waals surface area contributed by atoms with Crippen LogP contribution in [-0.2, 0) is 6.54 Å². The summed E-state index contributed by atoms with van der Waals surface area (Å²) >= 11 is 0. The maximum absolute atomic E-state index is 3.64. The Morgan fingerprint density at radius 2 is 1.55 bits per heavy atom. The van der Waals surface area contributed by atoms with Crippen LogP contribution in [0.1, 0.15) is 43.4 Å². The van der Waals surface area contributed by atoms with E-state index in [1.807, 2.05) is 0 Å². The quantitative estimate of drug-likeness (QED) is 0.778. The van der Waals surface area contributed by atoms with Crippen molar-refractivity contribution >= 4 is 0 Å². The fourth-order valence-electron chi connectivity index (χ4n) is 3.14. The van der Waals surface area contributed by atoms with Gasteiger partial charge in [-0.15, -0.1) is 0 Å². The van der Waals surface area contributed by atoms with Gasteiger partial charge in [0.15, 0.2) is 0 Å². The highest BCUT2D eigenvalue weighted by Gasteiger charge is 2.19. The molecule has 0 spiro atoms. The lowest BCUT2D eigenvalue weighted by atomic mass is 9.93. The molecule has 0 amide bonds. The van der Waals surface area contributed by atoms with Gasteiger partial charge in [-0.2, -0.15) is 0 Å². The first kappa shape index (κ1) is 17.2. The highest BCUT2D eigenvalue weighted by atomic mass is 15.1. The van der Waals surface area contributed by atoms with Crippen molar-refractivity contribution in [1.82, 2.24) is 10.2 Å². The minimum atomic E-state index is 0.621. The minimum absolute atomic E-state index is 0.621. The van der Waals surface area contributed by atoms with Crippen LogP contribution in [0, 0.1) is 19.8 Å². The SMILES string of the molecule is CCC(CC)C(CNCc1cc(C)cc(C)c1)N(C)C. The van der Waals surface area contributed by atoms with E-state index in [4.69, 9.17) is 0 Å². The van der Waals surface area contributed by atoms with Crippen LogP contribution in [0.5, 0.6) is 0 Å². The molecule has 0 saturated carbocycles. The van der Waals surface area contributed by atoms with Crippen LogP contribution in [0.4, 0.5) is 0 Å². The second-order valence-corrected chi connectivity index (χ2v) is 6.23. The van der Waals surface area contributed by atoms with Gasteiger partial charge in [0.2, 0.25) is 0 Å². The van der Waals surface area contributed by atoms with Gasteiger partial charge < -0.3 is 10.2 Å². The number of nitrogens with one attached hydrogen (secondary N) is 1. The molecule has 2 nitrogen and oxygen atoms in total. The number of nitrogens with zero attached hydrogens (tertiary/aromatic N) is 1. The molecule has 1 aromatic carbocycles. The smallest absolute Gasteiger partial charge is 0.0242 e. The zero-order valence-electron chi connectivity index (χ0n) is 14.2. The number of benzene rings is 1. The van der Waals surface area contributed by atoms with Crippen LogP contribution in [0.15, 0.2) is 18.2 Å². The average molecular weight is 276 g/mol. The van der Waals surface area contributed by atoms with Gasteiger partial charge in [-0.1, -0.05) is 56.0 Å². The van der Waals surface area contributed by atoms with E-state index >= 15 is 0 Å². The molecule has 1 aromatic rings. The lowest BCUT2D eigenvalue weighted by Crippen LogP contribution is -2.42. The van der Waals surface area contributed by atoms with Gasteiger partial charge in [-0.3, -0.25) is 0 Å². The topological polar surface area (TPSA) is 15.3 Å². The normalized spacial score (nSPS) is 13.2. The second-order valence-electron chi connectivity index (χ2n) is 6.23. The lowest BCUT2D eigenvalue weighted by molar-refractivity contribution is 0.194. The maximum atomic E-state index is 3.64. The molecule has 1 N–H and O–H groups in total. The molecule has 114 valence electrons. The molecule has 20 heavy (non-hydrogen) atoms. The summed E-state index contributed by atoms with van der Waals surface area (Å²) in [4.78, 5) is 2.37. The van der Waals surface area contributed by atoms with Crippen molar-refractivity contribution in [3.63, 3.8) is 0 Å². The van der Waals surface area contributed by atoms with Crippen LogP contribution in [0.25, 0.3) is 0 Å². The summed E-state index contributed by atoms with van der Waals surface area (Å²) in [5.74, 6) is 0.775. The molecule has 1 rings (SSSR count). The first-order valence-electron chi connectivity index (χ1n) is 7.92. The number of likely N-dealkylation sites (N-methyl/N-ethyl adjacent to an activating group) is 1. The first-order chi connectivity index (χ1) is 9.47. The Hall–Kier alpha value is -0.860. The molecule has 2 heteroatoms. The second kappa shape index (κ2) is 8.43. The molecule has 1 unspecified atom stereocenters. The monoisotopic (exact) mass is 276 g/mol. The molecule has 0 aliphatic heterocycles. The van der Waals surface area contributed by atoms with Crippen LogP contribution >= 0.6 is 0 Å². The van der Waals surface area contributed by atoms with E-state index in [1.54, 1.807) is 0 Å². The van der Waals surface area contributed by atoms with E-state index in [9.17, 15) is 0 Å². The number of hydrogen-bond acceptors (Lipinski definition) is 2. The van der Waals surface area contributed by atoms with Crippen LogP contribution in [-0.4, -0.2) is 31.6 Å². The number of hydrogen-bond donors (Lipinski definition) is 1. The largest absolute Gasteiger partial charge is 0.311 e. The fraction of sp³-hybridized carbons (Fsp3) is 0.667. The summed E-state index contributed by atoms with van der Waals surface area (Å²) in [6, 6.07) is 7.41. The van der Waals surface area contributed by atoms with E-state index in [0.717, 1.165) is 19.0 Å². The molecule has 0 heterocycles. The van der Waals surface area contributed by atoms with Crippen LogP contribution in [0.3, 0.4) is 0 Å². The number of aryl methyl sites for hydroxylation is 2. The predicted octanol–water partition coefficient (Wildman–Crippen LogP) is 3.76. The van der Waals surface area contributed by atoms with E-state index < -0.39 is 0 Å². The Morgan fingerprint density at radius 3 is 2.00 bits per heavy atom. The van der Waals surface area contributed by atoms with E-state index in [0.29, 0.717) is 6.04 Å². The van der Waals surface area contributed by atoms with Crippen molar-refractivity contribution in [3.8, 4) is 0 Å². The summed E-state index contributed by atoms with van der Waals surface area (Å²) in [6.45, 7) is 11.0. The summed E-state index contributed by atoms with van der Waals surface area (Å²) in [5.41, 5.74) is 4.10. The van der Waals surface area contributed by atoms with Crippen molar-refractivity contribution in [2.45, 2.75) is 53.1 Å². The van der Waals surface area contributed by atoms with Gasteiger partial charge in [0, 0.05) is 19.1 Å². The van der Waals surface area contributed by atoms with Crippen molar-refractivity contribution < 1.29 is 0 Å². The molecule has 0 aliphatic rings. The van der Waals surface area contributed by atoms with Crippen LogP contribution < -0.4 is 5.32 Å². The number of rotatable bonds is 8. The Balaban J connectivity index is 2.55. The fourth-order valence-corrected chi connectivity index (χ4v) is 3.14. The highest BCUT2D eigenvalue weighted by Crippen LogP contribution is 2.16. The summed E-state index contributed by atoms with van der Waals surface area (Å²) < 4.78 is 0. The third kappa shape index (κ3) is 5.26. The third-order valence-electron chi connectivity index (χ3n) is 4.22. The Bertz CT molecular complexity index is 374. The Kier molecular flexibility index (Phi) is 7.25. The van der Waals surface area contributed by atoms with E-state index in [1.165, 1.54) is 29.5 Å². The molecule has 0 saturated heterocycles. The first-order valence-corrected chi connectivity index (χ1v) is 7.92.